The first-order chi connectivity index (χ1) is 8.74. The zero-order valence-electron chi connectivity index (χ0n) is 9.52. The van der Waals surface area contributed by atoms with E-state index in [0.29, 0.717) is 11.3 Å². The molecule has 0 aliphatic carbocycles. The van der Waals surface area contributed by atoms with Crippen molar-refractivity contribution in [3.8, 4) is 0 Å². The molecular formula is C13H11FN2OS. The van der Waals surface area contributed by atoms with E-state index in [4.69, 9.17) is 16.6 Å². The van der Waals surface area contributed by atoms with E-state index in [9.17, 15) is 4.39 Å². The summed E-state index contributed by atoms with van der Waals surface area (Å²) >= 11 is 5.25. The van der Waals surface area contributed by atoms with Gasteiger partial charge in [0, 0.05) is 13.0 Å². The molecule has 0 atom stereocenters. The van der Waals surface area contributed by atoms with E-state index in [1.807, 2.05) is 16.7 Å². The second-order valence-electron chi connectivity index (χ2n) is 4.07. The Balaban J connectivity index is 1.98. The molecule has 3 aromatic rings. The van der Waals surface area contributed by atoms with Crippen LogP contribution in [0.15, 0.2) is 41.0 Å². The zero-order chi connectivity index (χ0) is 12.5. The number of hydrogen-bond acceptors (Lipinski definition) is 2. The van der Waals surface area contributed by atoms with Crippen molar-refractivity contribution in [1.82, 2.24) is 9.55 Å². The molecule has 0 unspecified atom stereocenters. The SMILES string of the molecule is Fc1ccc2[nH]c(=S)n(CCc3ccco3)c2c1. The Morgan fingerprint density at radius 1 is 1.33 bits per heavy atom. The molecule has 1 N–H and O–H groups in total. The van der Waals surface area contributed by atoms with Crippen LogP contribution >= 0.6 is 12.2 Å². The molecule has 0 bridgehead atoms. The third kappa shape index (κ3) is 1.97. The predicted octanol–water partition coefficient (Wildman–Crippen LogP) is 3.67. The van der Waals surface area contributed by atoms with Gasteiger partial charge in [0.25, 0.3) is 0 Å². The fourth-order valence-electron chi connectivity index (χ4n) is 2.02. The summed E-state index contributed by atoms with van der Waals surface area (Å²) in [5.74, 6) is 0.630. The number of rotatable bonds is 3. The van der Waals surface area contributed by atoms with Gasteiger partial charge >= 0.3 is 0 Å². The van der Waals surface area contributed by atoms with Gasteiger partial charge in [0.15, 0.2) is 4.77 Å². The van der Waals surface area contributed by atoms with Crippen molar-refractivity contribution >= 4 is 23.3 Å². The van der Waals surface area contributed by atoms with Crippen molar-refractivity contribution in [2.75, 3.05) is 0 Å². The lowest BCUT2D eigenvalue weighted by Crippen LogP contribution is -2.00. The number of aryl methyl sites for hydroxylation is 2. The van der Waals surface area contributed by atoms with Crippen LogP contribution in [0.25, 0.3) is 11.0 Å². The lowest BCUT2D eigenvalue weighted by atomic mass is 10.3. The molecule has 0 saturated carbocycles. The molecule has 0 saturated heterocycles. The van der Waals surface area contributed by atoms with Crippen LogP contribution in [-0.2, 0) is 13.0 Å². The van der Waals surface area contributed by atoms with Gasteiger partial charge in [-0.2, -0.15) is 0 Å². The zero-order valence-corrected chi connectivity index (χ0v) is 10.3. The van der Waals surface area contributed by atoms with Crippen LogP contribution in [0, 0.1) is 10.6 Å². The van der Waals surface area contributed by atoms with Gasteiger partial charge in [-0.1, -0.05) is 0 Å². The number of benzene rings is 1. The molecule has 18 heavy (non-hydrogen) atoms. The number of halogens is 1. The number of nitrogens with zero attached hydrogens (tertiary/aromatic N) is 1. The minimum absolute atomic E-state index is 0.261. The van der Waals surface area contributed by atoms with Crippen LogP contribution in [0.1, 0.15) is 5.76 Å². The quantitative estimate of drug-likeness (QED) is 0.731. The average molecular weight is 262 g/mol. The van der Waals surface area contributed by atoms with Crippen molar-refractivity contribution in [2.45, 2.75) is 13.0 Å². The van der Waals surface area contributed by atoms with E-state index < -0.39 is 0 Å². The highest BCUT2D eigenvalue weighted by atomic mass is 32.1. The molecule has 0 spiro atoms. The van der Waals surface area contributed by atoms with E-state index >= 15 is 0 Å². The third-order valence-electron chi connectivity index (χ3n) is 2.90. The highest BCUT2D eigenvalue weighted by Crippen LogP contribution is 2.16. The van der Waals surface area contributed by atoms with Crippen LogP contribution in [0.4, 0.5) is 4.39 Å². The van der Waals surface area contributed by atoms with Crippen molar-refractivity contribution in [2.24, 2.45) is 0 Å². The maximum absolute atomic E-state index is 13.3. The minimum Gasteiger partial charge on any atom is -0.469 e. The van der Waals surface area contributed by atoms with Crippen molar-refractivity contribution in [3.05, 3.63) is 52.9 Å². The molecule has 1 aromatic carbocycles. The van der Waals surface area contributed by atoms with Gasteiger partial charge in [-0.25, -0.2) is 4.39 Å². The summed E-state index contributed by atoms with van der Waals surface area (Å²) in [6.07, 6.45) is 2.37. The Morgan fingerprint density at radius 2 is 2.22 bits per heavy atom. The molecule has 0 aliphatic heterocycles. The maximum atomic E-state index is 13.3. The molecule has 92 valence electrons. The molecular weight excluding hydrogens is 251 g/mol. The minimum atomic E-state index is -0.261. The molecule has 2 aromatic heterocycles. The number of aromatic nitrogens is 2. The summed E-state index contributed by atoms with van der Waals surface area (Å²) in [5, 5.41) is 0. The summed E-state index contributed by atoms with van der Waals surface area (Å²) in [7, 11) is 0. The number of imidazole rings is 1. The Hall–Kier alpha value is -1.88. The summed E-state index contributed by atoms with van der Waals surface area (Å²) in [4.78, 5) is 3.06. The van der Waals surface area contributed by atoms with Crippen molar-refractivity contribution < 1.29 is 8.81 Å². The van der Waals surface area contributed by atoms with Crippen molar-refractivity contribution in [1.29, 1.82) is 0 Å². The van der Waals surface area contributed by atoms with Crippen LogP contribution in [-0.4, -0.2) is 9.55 Å². The Labute approximate surface area is 108 Å². The molecule has 2 heterocycles. The number of nitrogens with one attached hydrogen (secondary N) is 1. The Kier molecular flexibility index (Phi) is 2.76. The topological polar surface area (TPSA) is 33.9 Å². The van der Waals surface area contributed by atoms with E-state index in [0.717, 1.165) is 23.2 Å². The summed E-state index contributed by atoms with van der Waals surface area (Å²) in [5.41, 5.74) is 1.63. The molecule has 3 nitrogen and oxygen atoms in total. The monoisotopic (exact) mass is 262 g/mol. The van der Waals surface area contributed by atoms with Gasteiger partial charge in [0.2, 0.25) is 0 Å². The summed E-state index contributed by atoms with van der Waals surface area (Å²) in [6, 6.07) is 8.38. The second kappa shape index (κ2) is 4.42. The fraction of sp³-hybridized carbons (Fsp3) is 0.154. The predicted molar refractivity (Wildman–Crippen MR) is 69.5 cm³/mol. The first-order valence-electron chi connectivity index (χ1n) is 5.64. The molecule has 0 amide bonds. The van der Waals surface area contributed by atoms with E-state index in [-0.39, 0.29) is 5.82 Å². The molecule has 0 fully saturated rings. The van der Waals surface area contributed by atoms with E-state index in [1.54, 1.807) is 12.3 Å². The van der Waals surface area contributed by atoms with Gasteiger partial charge in [-0.3, -0.25) is 0 Å². The molecule has 0 radical (unpaired) electrons. The number of aromatic amines is 1. The second-order valence-corrected chi connectivity index (χ2v) is 4.46. The summed E-state index contributed by atoms with van der Waals surface area (Å²) < 4.78 is 21.0. The molecule has 0 aliphatic rings. The molecule has 5 heteroatoms. The van der Waals surface area contributed by atoms with Crippen LogP contribution in [0.5, 0.6) is 0 Å². The Morgan fingerprint density at radius 3 is 3.00 bits per heavy atom. The van der Waals surface area contributed by atoms with Gasteiger partial charge in [-0.15, -0.1) is 0 Å². The van der Waals surface area contributed by atoms with E-state index in [2.05, 4.69) is 4.98 Å². The van der Waals surface area contributed by atoms with Crippen LogP contribution in [0.3, 0.4) is 0 Å². The number of hydrogen-bond donors (Lipinski definition) is 1. The number of furan rings is 1. The fourth-order valence-corrected chi connectivity index (χ4v) is 2.32. The lowest BCUT2D eigenvalue weighted by molar-refractivity contribution is 0.492. The summed E-state index contributed by atoms with van der Waals surface area (Å²) in [6.45, 7) is 0.662. The largest absolute Gasteiger partial charge is 0.469 e. The highest BCUT2D eigenvalue weighted by Gasteiger charge is 2.06. The van der Waals surface area contributed by atoms with Gasteiger partial charge in [0.05, 0.1) is 17.3 Å². The number of H-pyrrole nitrogens is 1. The van der Waals surface area contributed by atoms with Crippen molar-refractivity contribution in [3.63, 3.8) is 0 Å². The van der Waals surface area contributed by atoms with Gasteiger partial charge in [0.1, 0.15) is 11.6 Å². The first-order valence-corrected chi connectivity index (χ1v) is 6.05. The van der Waals surface area contributed by atoms with Gasteiger partial charge < -0.3 is 14.0 Å². The maximum Gasteiger partial charge on any atom is 0.178 e. The third-order valence-corrected chi connectivity index (χ3v) is 3.22. The van der Waals surface area contributed by atoms with E-state index in [1.165, 1.54) is 12.1 Å². The smallest absolute Gasteiger partial charge is 0.178 e. The first kappa shape index (κ1) is 11.2. The standard InChI is InChI=1S/C13H11FN2OS/c14-9-3-4-11-12(8-9)16(13(18)15-11)6-5-10-2-1-7-17-10/h1-4,7-8H,5-6H2,(H,15,18). The van der Waals surface area contributed by atoms with Crippen LogP contribution in [0.2, 0.25) is 0 Å². The highest BCUT2D eigenvalue weighted by molar-refractivity contribution is 7.71. The Bertz CT molecular complexity index is 727. The van der Waals surface area contributed by atoms with Crippen LogP contribution < -0.4 is 0 Å². The van der Waals surface area contributed by atoms with Gasteiger partial charge in [-0.05, 0) is 42.5 Å². The average Bonchev–Trinajstić information content (AvgIpc) is 2.94. The number of fused-ring (bicyclic) bond motifs is 1. The lowest BCUT2D eigenvalue weighted by Gasteiger charge is -2.02. The normalized spacial score (nSPS) is 11.2. The molecule has 3 rings (SSSR count).